The number of aromatic nitrogens is 2. The van der Waals surface area contributed by atoms with E-state index in [9.17, 15) is 10.1 Å². The second-order valence-electron chi connectivity index (χ2n) is 7.75. The molecule has 0 amide bonds. The van der Waals surface area contributed by atoms with Crippen molar-refractivity contribution in [2.24, 2.45) is 0 Å². The highest BCUT2D eigenvalue weighted by Crippen LogP contribution is 2.51. The Balaban J connectivity index is 1.62. The topological polar surface area (TPSA) is 87.9 Å². The number of piperazine rings is 1. The number of nitro benzene ring substituents is 1. The molecule has 5 rings (SSSR count). The second kappa shape index (κ2) is 7.84. The van der Waals surface area contributed by atoms with E-state index in [2.05, 4.69) is 44.1 Å². The number of non-ortho nitro benzene ring substituents is 1. The number of nitro groups is 1. The van der Waals surface area contributed by atoms with Crippen LogP contribution in [-0.4, -0.2) is 53.2 Å². The lowest BCUT2D eigenvalue weighted by atomic mass is 10.1. The zero-order valence-electron chi connectivity index (χ0n) is 17.1. The maximum atomic E-state index is 11.3. The summed E-state index contributed by atoms with van der Waals surface area (Å²) in [6.07, 6.45) is 1.58. The quantitative estimate of drug-likeness (QED) is 0.469. The minimum Gasteiger partial charge on any atom is -0.451 e. The zero-order chi connectivity index (χ0) is 21.4. The highest BCUT2D eigenvalue weighted by atomic mass is 16.6. The molecule has 0 aliphatic carbocycles. The molecule has 2 aliphatic rings. The predicted octanol–water partition coefficient (Wildman–Crippen LogP) is 3.58. The van der Waals surface area contributed by atoms with Crippen LogP contribution < -0.4 is 14.5 Å². The van der Waals surface area contributed by atoms with Gasteiger partial charge in [0.15, 0.2) is 17.3 Å². The number of likely N-dealkylation sites (N-methyl/N-ethyl adjacent to an activating group) is 1. The first kappa shape index (κ1) is 19.3. The fourth-order valence-corrected chi connectivity index (χ4v) is 4.00. The molecule has 1 saturated heterocycles. The van der Waals surface area contributed by atoms with Crippen LogP contribution in [0.25, 0.3) is 0 Å². The van der Waals surface area contributed by atoms with Gasteiger partial charge in [-0.25, -0.2) is 0 Å². The van der Waals surface area contributed by atoms with Gasteiger partial charge in [0.05, 0.1) is 22.9 Å². The number of anilines is 3. The molecule has 9 nitrogen and oxygen atoms in total. The van der Waals surface area contributed by atoms with E-state index in [0.29, 0.717) is 18.0 Å². The molecule has 0 spiro atoms. The monoisotopic (exact) mass is 418 g/mol. The van der Waals surface area contributed by atoms with Crippen LogP contribution in [0.1, 0.15) is 5.56 Å². The highest BCUT2D eigenvalue weighted by molar-refractivity contribution is 5.85. The Morgan fingerprint density at radius 3 is 2.58 bits per heavy atom. The largest absolute Gasteiger partial charge is 0.451 e. The van der Waals surface area contributed by atoms with Crippen molar-refractivity contribution < 1.29 is 9.66 Å². The van der Waals surface area contributed by atoms with Gasteiger partial charge in [-0.15, -0.1) is 5.10 Å². The van der Waals surface area contributed by atoms with Gasteiger partial charge >= 0.3 is 0 Å². The maximum absolute atomic E-state index is 11.3. The molecule has 3 heterocycles. The van der Waals surface area contributed by atoms with Crippen LogP contribution in [0, 0.1) is 10.1 Å². The molecule has 2 aliphatic heterocycles. The van der Waals surface area contributed by atoms with Crippen LogP contribution >= 0.6 is 0 Å². The first-order chi connectivity index (χ1) is 15.1. The minimum absolute atomic E-state index is 0.0110. The Morgan fingerprint density at radius 1 is 1.06 bits per heavy atom. The summed E-state index contributed by atoms with van der Waals surface area (Å²) in [7, 11) is 2.11. The molecule has 0 radical (unpaired) electrons. The van der Waals surface area contributed by atoms with E-state index in [4.69, 9.17) is 4.74 Å². The predicted molar refractivity (Wildman–Crippen MR) is 117 cm³/mol. The fourth-order valence-electron chi connectivity index (χ4n) is 4.00. The number of benzene rings is 2. The van der Waals surface area contributed by atoms with Gasteiger partial charge in [-0.3, -0.25) is 10.1 Å². The van der Waals surface area contributed by atoms with Crippen molar-refractivity contribution in [1.82, 2.24) is 15.1 Å². The summed E-state index contributed by atoms with van der Waals surface area (Å²) < 4.78 is 6.10. The third-order valence-electron chi connectivity index (χ3n) is 5.69. The molecule has 31 heavy (non-hydrogen) atoms. The van der Waals surface area contributed by atoms with Crippen LogP contribution in [0.2, 0.25) is 0 Å². The van der Waals surface area contributed by atoms with Crippen LogP contribution in [-0.2, 0) is 6.54 Å². The van der Waals surface area contributed by atoms with Gasteiger partial charge in [0.25, 0.3) is 5.69 Å². The Morgan fingerprint density at radius 2 is 1.84 bits per heavy atom. The number of hydrogen-bond donors (Lipinski definition) is 0. The summed E-state index contributed by atoms with van der Waals surface area (Å²) in [5.74, 6) is 1.76. The van der Waals surface area contributed by atoms with E-state index in [1.807, 2.05) is 18.2 Å². The zero-order valence-corrected chi connectivity index (χ0v) is 17.1. The van der Waals surface area contributed by atoms with E-state index >= 15 is 0 Å². The average Bonchev–Trinajstić information content (AvgIpc) is 2.79. The molecule has 158 valence electrons. The van der Waals surface area contributed by atoms with Crippen molar-refractivity contribution in [3.8, 4) is 11.5 Å². The van der Waals surface area contributed by atoms with Gasteiger partial charge in [-0.05, 0) is 18.7 Å². The van der Waals surface area contributed by atoms with E-state index in [1.165, 1.54) is 12.1 Å². The van der Waals surface area contributed by atoms with Gasteiger partial charge in [-0.1, -0.05) is 30.3 Å². The summed E-state index contributed by atoms with van der Waals surface area (Å²) in [6.45, 7) is 4.14. The molecule has 1 fully saturated rings. The lowest BCUT2D eigenvalue weighted by Gasteiger charge is -2.38. The van der Waals surface area contributed by atoms with Crippen LogP contribution in [0.4, 0.5) is 22.9 Å². The van der Waals surface area contributed by atoms with Crippen molar-refractivity contribution in [1.29, 1.82) is 0 Å². The smallest absolute Gasteiger partial charge is 0.273 e. The minimum atomic E-state index is -0.416. The molecular weight excluding hydrogens is 396 g/mol. The van der Waals surface area contributed by atoms with Gasteiger partial charge < -0.3 is 19.4 Å². The number of hydrogen-bond acceptors (Lipinski definition) is 8. The molecule has 0 N–H and O–H groups in total. The Kier molecular flexibility index (Phi) is 4.87. The van der Waals surface area contributed by atoms with Crippen LogP contribution in [0.3, 0.4) is 0 Å². The molecule has 9 heteroatoms. The third-order valence-corrected chi connectivity index (χ3v) is 5.69. The Labute approximate surface area is 179 Å². The van der Waals surface area contributed by atoms with Crippen molar-refractivity contribution in [2.45, 2.75) is 6.54 Å². The molecule has 0 saturated carbocycles. The first-order valence-corrected chi connectivity index (χ1v) is 10.2. The number of fused-ring (bicyclic) bond motifs is 2. The Hall–Kier alpha value is -3.72. The standard InChI is InChI=1S/C22H22N6O3/c1-25-9-11-26(12-10-25)22-21-20(14-23-24-22)31-19-13-17(28(29)30)7-8-18(19)27(21)15-16-5-3-2-4-6-16/h2-8,13-14H,9-12,15H2,1H3. The normalized spacial score (nSPS) is 15.8. The second-order valence-corrected chi connectivity index (χ2v) is 7.75. The first-order valence-electron chi connectivity index (χ1n) is 10.2. The van der Waals surface area contributed by atoms with Crippen molar-refractivity contribution in [3.63, 3.8) is 0 Å². The van der Waals surface area contributed by atoms with Gasteiger partial charge in [0.1, 0.15) is 5.69 Å². The van der Waals surface area contributed by atoms with Crippen LogP contribution in [0.15, 0.2) is 54.7 Å². The van der Waals surface area contributed by atoms with Gasteiger partial charge in [0.2, 0.25) is 0 Å². The van der Waals surface area contributed by atoms with E-state index in [0.717, 1.165) is 48.9 Å². The van der Waals surface area contributed by atoms with Crippen molar-refractivity contribution >= 4 is 22.9 Å². The summed E-state index contributed by atoms with van der Waals surface area (Å²) >= 11 is 0. The average molecular weight is 418 g/mol. The van der Waals surface area contributed by atoms with Gasteiger partial charge in [0, 0.05) is 38.8 Å². The van der Waals surface area contributed by atoms with Crippen molar-refractivity contribution in [2.75, 3.05) is 43.0 Å². The summed E-state index contributed by atoms with van der Waals surface area (Å²) in [6, 6.07) is 14.8. The SMILES string of the molecule is CN1CCN(c2nncc3c2N(Cc2ccccc2)c2ccc([N+](=O)[O-])cc2O3)CC1. The van der Waals surface area contributed by atoms with Crippen molar-refractivity contribution in [3.05, 3.63) is 70.4 Å². The molecular formula is C22H22N6O3. The number of rotatable bonds is 4. The van der Waals surface area contributed by atoms with E-state index in [-0.39, 0.29) is 5.69 Å². The van der Waals surface area contributed by atoms with E-state index in [1.54, 1.807) is 12.3 Å². The molecule has 2 aromatic carbocycles. The Bertz CT molecular complexity index is 1120. The molecule has 1 aromatic heterocycles. The van der Waals surface area contributed by atoms with E-state index < -0.39 is 4.92 Å². The molecule has 0 bridgehead atoms. The lowest BCUT2D eigenvalue weighted by molar-refractivity contribution is -0.384. The third kappa shape index (κ3) is 3.64. The highest BCUT2D eigenvalue weighted by Gasteiger charge is 2.32. The lowest BCUT2D eigenvalue weighted by Crippen LogP contribution is -2.45. The summed E-state index contributed by atoms with van der Waals surface area (Å²) in [4.78, 5) is 17.5. The molecule has 0 atom stereocenters. The molecule has 0 unspecified atom stereocenters. The van der Waals surface area contributed by atoms with Crippen LogP contribution in [0.5, 0.6) is 11.5 Å². The summed E-state index contributed by atoms with van der Waals surface area (Å²) in [5, 5.41) is 19.9. The fraction of sp³-hybridized carbons (Fsp3) is 0.273. The maximum Gasteiger partial charge on any atom is 0.273 e. The summed E-state index contributed by atoms with van der Waals surface area (Å²) in [5.41, 5.74) is 2.71. The number of nitrogens with zero attached hydrogens (tertiary/aromatic N) is 6. The van der Waals surface area contributed by atoms with Gasteiger partial charge in [-0.2, -0.15) is 5.10 Å². The number of ether oxygens (including phenoxy) is 1. The molecule has 3 aromatic rings.